The normalized spacial score (nSPS) is 19.9. The van der Waals surface area contributed by atoms with Crippen LogP contribution in [-0.4, -0.2) is 5.78 Å². The maximum Gasteiger partial charge on any atom is 0.155 e. The van der Waals surface area contributed by atoms with Crippen LogP contribution >= 0.6 is 0 Å². The Labute approximate surface area is 68.5 Å². The van der Waals surface area contributed by atoms with Crippen LogP contribution in [0.15, 0.2) is 11.6 Å². The van der Waals surface area contributed by atoms with Gasteiger partial charge in [-0.15, -0.1) is 0 Å². The minimum atomic E-state index is 0.325. The van der Waals surface area contributed by atoms with Gasteiger partial charge in [0, 0.05) is 6.42 Å². The summed E-state index contributed by atoms with van der Waals surface area (Å²) < 4.78 is 0. The quantitative estimate of drug-likeness (QED) is 0.564. The van der Waals surface area contributed by atoms with E-state index in [0.717, 1.165) is 19.3 Å². The van der Waals surface area contributed by atoms with E-state index in [4.69, 9.17) is 0 Å². The van der Waals surface area contributed by atoms with Crippen molar-refractivity contribution in [2.24, 2.45) is 5.92 Å². The number of ketones is 1. The molecule has 0 unspecified atom stereocenters. The second-order valence-corrected chi connectivity index (χ2v) is 3.55. The highest BCUT2D eigenvalue weighted by Gasteiger charge is 2.10. The van der Waals surface area contributed by atoms with Gasteiger partial charge >= 0.3 is 0 Å². The van der Waals surface area contributed by atoms with Crippen molar-refractivity contribution in [3.8, 4) is 0 Å². The molecule has 1 aliphatic rings. The molecule has 0 saturated carbocycles. The minimum Gasteiger partial charge on any atom is -0.295 e. The highest BCUT2D eigenvalue weighted by atomic mass is 16.1. The van der Waals surface area contributed by atoms with Crippen LogP contribution in [0.2, 0.25) is 0 Å². The Bertz CT molecular complexity index is 177. The van der Waals surface area contributed by atoms with Crippen molar-refractivity contribution in [1.29, 1.82) is 0 Å². The Balaban J connectivity index is 2.67. The summed E-state index contributed by atoms with van der Waals surface area (Å²) in [5.41, 5.74) is 1.34. The van der Waals surface area contributed by atoms with Gasteiger partial charge in [-0.1, -0.05) is 19.4 Å². The molecule has 1 rings (SSSR count). The van der Waals surface area contributed by atoms with E-state index in [9.17, 15) is 4.79 Å². The van der Waals surface area contributed by atoms with Crippen LogP contribution in [0.3, 0.4) is 0 Å². The fraction of sp³-hybridized carbons (Fsp3) is 0.700. The molecular formula is C10H16O. The molecule has 1 aliphatic carbocycles. The Morgan fingerprint density at radius 2 is 1.91 bits per heavy atom. The number of hydrogen-bond acceptors (Lipinski definition) is 1. The lowest BCUT2D eigenvalue weighted by molar-refractivity contribution is -0.114. The summed E-state index contributed by atoms with van der Waals surface area (Å²) in [4.78, 5) is 11.1. The molecule has 0 bridgehead atoms. The number of rotatable bonds is 1. The predicted molar refractivity (Wildman–Crippen MR) is 46.4 cm³/mol. The van der Waals surface area contributed by atoms with Crippen LogP contribution < -0.4 is 0 Å². The first kappa shape index (κ1) is 8.51. The minimum absolute atomic E-state index is 0.325. The molecule has 0 spiro atoms. The Morgan fingerprint density at radius 1 is 1.27 bits per heavy atom. The van der Waals surface area contributed by atoms with E-state index >= 15 is 0 Å². The highest BCUT2D eigenvalue weighted by Crippen LogP contribution is 2.21. The summed E-state index contributed by atoms with van der Waals surface area (Å²) in [7, 11) is 0. The van der Waals surface area contributed by atoms with Crippen molar-refractivity contribution in [2.75, 3.05) is 0 Å². The SMILES string of the molecule is CC(C)C1=CC(=O)CCCC1. The van der Waals surface area contributed by atoms with E-state index in [1.807, 2.05) is 6.08 Å². The van der Waals surface area contributed by atoms with Gasteiger partial charge in [-0.3, -0.25) is 4.79 Å². The summed E-state index contributed by atoms with van der Waals surface area (Å²) in [6.45, 7) is 4.31. The van der Waals surface area contributed by atoms with Crippen LogP contribution in [0, 0.1) is 5.92 Å². The predicted octanol–water partition coefficient (Wildman–Crippen LogP) is 2.71. The topological polar surface area (TPSA) is 17.1 Å². The third-order valence-electron chi connectivity index (χ3n) is 2.23. The van der Waals surface area contributed by atoms with Crippen LogP contribution in [0.1, 0.15) is 39.5 Å². The second kappa shape index (κ2) is 3.70. The summed E-state index contributed by atoms with van der Waals surface area (Å²) in [5, 5.41) is 0. The number of carbonyl (C=O) groups is 1. The van der Waals surface area contributed by atoms with Gasteiger partial charge in [0.25, 0.3) is 0 Å². The zero-order valence-corrected chi connectivity index (χ0v) is 7.39. The van der Waals surface area contributed by atoms with E-state index in [2.05, 4.69) is 13.8 Å². The first-order valence-electron chi connectivity index (χ1n) is 4.43. The molecule has 0 atom stereocenters. The van der Waals surface area contributed by atoms with Gasteiger partial charge in [0.2, 0.25) is 0 Å². The molecule has 1 heteroatoms. The zero-order valence-electron chi connectivity index (χ0n) is 7.39. The monoisotopic (exact) mass is 152 g/mol. The number of hydrogen-bond donors (Lipinski definition) is 0. The van der Waals surface area contributed by atoms with Crippen LogP contribution in [0.25, 0.3) is 0 Å². The molecule has 0 fully saturated rings. The second-order valence-electron chi connectivity index (χ2n) is 3.55. The highest BCUT2D eigenvalue weighted by molar-refractivity contribution is 5.90. The Hall–Kier alpha value is -0.590. The molecule has 0 amide bonds. The lowest BCUT2D eigenvalue weighted by Gasteiger charge is -2.07. The van der Waals surface area contributed by atoms with Crippen LogP contribution in [0.4, 0.5) is 0 Å². The largest absolute Gasteiger partial charge is 0.295 e. The van der Waals surface area contributed by atoms with Gasteiger partial charge in [-0.05, 0) is 31.3 Å². The molecule has 0 radical (unpaired) electrons. The summed E-state index contributed by atoms with van der Waals surface area (Å²) in [5.74, 6) is 0.878. The summed E-state index contributed by atoms with van der Waals surface area (Å²) in [6.07, 6.45) is 6.01. The molecule has 0 N–H and O–H groups in total. The van der Waals surface area contributed by atoms with Crippen molar-refractivity contribution in [1.82, 2.24) is 0 Å². The third kappa shape index (κ3) is 2.49. The molecule has 0 saturated heterocycles. The molecule has 0 aliphatic heterocycles. The summed E-state index contributed by atoms with van der Waals surface area (Å²) in [6, 6.07) is 0. The van der Waals surface area contributed by atoms with Gasteiger partial charge in [0.1, 0.15) is 0 Å². The smallest absolute Gasteiger partial charge is 0.155 e. The number of allylic oxidation sites excluding steroid dienone is 2. The fourth-order valence-corrected chi connectivity index (χ4v) is 1.43. The summed E-state index contributed by atoms with van der Waals surface area (Å²) >= 11 is 0. The maximum atomic E-state index is 11.1. The molecule has 0 aromatic carbocycles. The Morgan fingerprint density at radius 3 is 2.55 bits per heavy atom. The van der Waals surface area contributed by atoms with Crippen molar-refractivity contribution >= 4 is 5.78 Å². The van der Waals surface area contributed by atoms with Gasteiger partial charge in [0.15, 0.2) is 5.78 Å². The van der Waals surface area contributed by atoms with E-state index in [1.165, 1.54) is 12.0 Å². The standard InChI is InChI=1S/C10H16O/c1-8(2)9-5-3-4-6-10(11)7-9/h7-8H,3-6H2,1-2H3. The maximum absolute atomic E-state index is 11.1. The van der Waals surface area contributed by atoms with E-state index in [1.54, 1.807) is 0 Å². The molecular weight excluding hydrogens is 136 g/mol. The lowest BCUT2D eigenvalue weighted by atomic mass is 9.99. The van der Waals surface area contributed by atoms with Crippen molar-refractivity contribution < 1.29 is 4.79 Å². The average molecular weight is 152 g/mol. The fourth-order valence-electron chi connectivity index (χ4n) is 1.43. The van der Waals surface area contributed by atoms with Gasteiger partial charge in [-0.25, -0.2) is 0 Å². The van der Waals surface area contributed by atoms with Gasteiger partial charge in [-0.2, -0.15) is 0 Å². The first-order chi connectivity index (χ1) is 5.20. The van der Waals surface area contributed by atoms with E-state index in [0.29, 0.717) is 11.7 Å². The molecule has 0 aromatic heterocycles. The van der Waals surface area contributed by atoms with Gasteiger partial charge in [0.05, 0.1) is 0 Å². The molecule has 0 aromatic rings. The third-order valence-corrected chi connectivity index (χ3v) is 2.23. The van der Waals surface area contributed by atoms with Crippen LogP contribution in [-0.2, 0) is 4.79 Å². The van der Waals surface area contributed by atoms with Gasteiger partial charge < -0.3 is 0 Å². The Kier molecular flexibility index (Phi) is 2.86. The van der Waals surface area contributed by atoms with Crippen LogP contribution in [0.5, 0.6) is 0 Å². The molecule has 1 nitrogen and oxygen atoms in total. The van der Waals surface area contributed by atoms with Crippen molar-refractivity contribution in [2.45, 2.75) is 39.5 Å². The lowest BCUT2D eigenvalue weighted by Crippen LogP contribution is -1.95. The van der Waals surface area contributed by atoms with E-state index in [-0.39, 0.29) is 0 Å². The molecule has 11 heavy (non-hydrogen) atoms. The van der Waals surface area contributed by atoms with E-state index < -0.39 is 0 Å². The molecule has 0 heterocycles. The first-order valence-corrected chi connectivity index (χ1v) is 4.43. The average Bonchev–Trinajstić information content (AvgIpc) is 2.13. The number of carbonyl (C=O) groups excluding carboxylic acids is 1. The van der Waals surface area contributed by atoms with Crippen molar-refractivity contribution in [3.63, 3.8) is 0 Å². The zero-order chi connectivity index (χ0) is 8.27. The van der Waals surface area contributed by atoms with Crippen molar-refractivity contribution in [3.05, 3.63) is 11.6 Å². The molecule has 62 valence electrons.